The normalized spacial score (nSPS) is 19.1. The minimum absolute atomic E-state index is 0.196. The number of fused-ring (bicyclic) bond motifs is 4. The van der Waals surface area contributed by atoms with E-state index in [0.29, 0.717) is 35.9 Å². The lowest BCUT2D eigenvalue weighted by molar-refractivity contribution is -0.139. The number of amidine groups is 1. The van der Waals surface area contributed by atoms with E-state index < -0.39 is 0 Å². The van der Waals surface area contributed by atoms with Crippen molar-refractivity contribution in [2.24, 2.45) is 4.99 Å². The number of thioether (sulfide) groups is 1. The molecule has 1 fully saturated rings. The molecule has 0 spiro atoms. The molecule has 194 valence electrons. The Kier molecular flexibility index (Phi) is 5.81. The number of allylic oxidation sites excluding steroid dienone is 1. The molecule has 1 atom stereocenters. The summed E-state index contributed by atoms with van der Waals surface area (Å²) in [6, 6.07) is 24.8. The number of esters is 1. The van der Waals surface area contributed by atoms with E-state index in [1.54, 1.807) is 11.8 Å². The number of benzene rings is 4. The fraction of sp³-hybridized carbons (Fsp3) is 0.188. The highest BCUT2D eigenvalue weighted by Crippen LogP contribution is 2.47. The first-order valence-electron chi connectivity index (χ1n) is 13.0. The van der Waals surface area contributed by atoms with Gasteiger partial charge < -0.3 is 19.1 Å². The number of carbonyl (C=O) groups is 1. The summed E-state index contributed by atoms with van der Waals surface area (Å²) in [7, 11) is 0. The van der Waals surface area contributed by atoms with Gasteiger partial charge in [-0.2, -0.15) is 0 Å². The van der Waals surface area contributed by atoms with Gasteiger partial charge in [-0.15, -0.1) is 0 Å². The SMILES string of the molecule is CCOC(=O)C1=C(C)N=C2S/C(=C\c3c4ccccc4cc4ccccc34)CN2C1c1ccc2c(c1)OCO2. The van der Waals surface area contributed by atoms with Crippen molar-refractivity contribution in [1.82, 2.24) is 4.90 Å². The maximum Gasteiger partial charge on any atom is 0.338 e. The third-order valence-corrected chi connectivity index (χ3v) is 8.38. The summed E-state index contributed by atoms with van der Waals surface area (Å²) in [6.45, 7) is 4.82. The fourth-order valence-electron chi connectivity index (χ4n) is 5.63. The van der Waals surface area contributed by atoms with E-state index in [0.717, 1.165) is 10.7 Å². The number of hydrogen-bond acceptors (Lipinski definition) is 7. The molecule has 0 radical (unpaired) electrons. The number of ether oxygens (including phenoxy) is 3. The van der Waals surface area contributed by atoms with Gasteiger partial charge in [0.1, 0.15) is 0 Å². The van der Waals surface area contributed by atoms with Gasteiger partial charge in [0.25, 0.3) is 0 Å². The monoisotopic (exact) mass is 534 g/mol. The van der Waals surface area contributed by atoms with Gasteiger partial charge in [0.2, 0.25) is 6.79 Å². The molecule has 0 amide bonds. The summed E-state index contributed by atoms with van der Waals surface area (Å²) in [5.41, 5.74) is 3.36. The molecule has 3 aliphatic rings. The molecular formula is C32H26N2O4S. The lowest BCUT2D eigenvalue weighted by atomic mass is 9.94. The van der Waals surface area contributed by atoms with Crippen LogP contribution in [0.3, 0.4) is 0 Å². The van der Waals surface area contributed by atoms with E-state index in [1.807, 2.05) is 32.0 Å². The highest BCUT2D eigenvalue weighted by Gasteiger charge is 2.41. The zero-order valence-electron chi connectivity index (χ0n) is 21.6. The maximum absolute atomic E-state index is 13.2. The van der Waals surface area contributed by atoms with Gasteiger partial charge in [-0.05, 0) is 70.8 Å². The van der Waals surface area contributed by atoms with Gasteiger partial charge in [0.05, 0.1) is 30.5 Å². The van der Waals surface area contributed by atoms with Gasteiger partial charge >= 0.3 is 5.97 Å². The number of carbonyl (C=O) groups excluding carboxylic acids is 1. The summed E-state index contributed by atoms with van der Waals surface area (Å²) < 4.78 is 16.7. The van der Waals surface area contributed by atoms with Crippen molar-refractivity contribution in [2.75, 3.05) is 19.9 Å². The van der Waals surface area contributed by atoms with Crippen molar-refractivity contribution in [2.45, 2.75) is 19.9 Å². The van der Waals surface area contributed by atoms with E-state index in [-0.39, 0.29) is 18.8 Å². The predicted octanol–water partition coefficient (Wildman–Crippen LogP) is 7.06. The molecule has 0 aromatic heterocycles. The highest BCUT2D eigenvalue weighted by molar-refractivity contribution is 8.17. The Bertz CT molecular complexity index is 1700. The standard InChI is InChI=1S/C32H26N2O4S/c1-3-36-31(35)29-19(2)33-32-34(30(29)22-12-13-27-28(15-22)38-18-37-27)17-23(39-32)16-26-24-10-6-4-8-20(24)14-21-9-5-7-11-25(21)26/h4-16,30H,3,17-18H2,1-2H3/b23-16-. The van der Waals surface area contributed by atoms with Gasteiger partial charge in [0.15, 0.2) is 16.7 Å². The van der Waals surface area contributed by atoms with Crippen LogP contribution in [0.15, 0.2) is 94.0 Å². The Morgan fingerprint density at radius 2 is 1.74 bits per heavy atom. The van der Waals surface area contributed by atoms with Crippen molar-refractivity contribution in [3.05, 3.63) is 100 Å². The van der Waals surface area contributed by atoms with Crippen molar-refractivity contribution in [3.63, 3.8) is 0 Å². The molecule has 4 aromatic carbocycles. The fourth-order valence-corrected chi connectivity index (χ4v) is 6.71. The highest BCUT2D eigenvalue weighted by atomic mass is 32.2. The molecule has 0 aliphatic carbocycles. The van der Waals surface area contributed by atoms with Gasteiger partial charge in [0, 0.05) is 4.91 Å². The molecule has 4 aromatic rings. The second-order valence-corrected chi connectivity index (χ2v) is 10.8. The Balaban J connectivity index is 1.34. The van der Waals surface area contributed by atoms with Crippen LogP contribution in [0, 0.1) is 0 Å². The summed E-state index contributed by atoms with van der Waals surface area (Å²) >= 11 is 1.66. The Morgan fingerprint density at radius 1 is 1.03 bits per heavy atom. The molecule has 39 heavy (non-hydrogen) atoms. The molecule has 0 saturated carbocycles. The van der Waals surface area contributed by atoms with Crippen molar-refractivity contribution in [3.8, 4) is 11.5 Å². The maximum atomic E-state index is 13.2. The molecule has 0 bridgehead atoms. The minimum Gasteiger partial charge on any atom is -0.463 e. The van der Waals surface area contributed by atoms with E-state index in [9.17, 15) is 4.79 Å². The topological polar surface area (TPSA) is 60.4 Å². The van der Waals surface area contributed by atoms with Gasteiger partial charge in [-0.1, -0.05) is 66.4 Å². The number of nitrogens with zero attached hydrogens (tertiary/aromatic N) is 2. The largest absolute Gasteiger partial charge is 0.463 e. The van der Waals surface area contributed by atoms with Crippen LogP contribution >= 0.6 is 11.8 Å². The van der Waals surface area contributed by atoms with Crippen LogP contribution in [0.2, 0.25) is 0 Å². The van der Waals surface area contributed by atoms with Crippen molar-refractivity contribution >= 4 is 50.5 Å². The van der Waals surface area contributed by atoms with Crippen molar-refractivity contribution in [1.29, 1.82) is 0 Å². The number of hydrogen-bond donors (Lipinski definition) is 0. The zero-order chi connectivity index (χ0) is 26.5. The summed E-state index contributed by atoms with van der Waals surface area (Å²) in [5, 5.41) is 5.72. The van der Waals surface area contributed by atoms with Gasteiger partial charge in [-0.25, -0.2) is 9.79 Å². The van der Waals surface area contributed by atoms with E-state index in [4.69, 9.17) is 19.2 Å². The molecule has 3 heterocycles. The molecule has 1 unspecified atom stereocenters. The Morgan fingerprint density at radius 3 is 2.49 bits per heavy atom. The van der Waals surface area contributed by atoms with E-state index in [1.165, 1.54) is 32.0 Å². The molecule has 7 rings (SSSR count). The van der Waals surface area contributed by atoms with Gasteiger partial charge in [-0.3, -0.25) is 0 Å². The Hall–Kier alpha value is -4.23. The van der Waals surface area contributed by atoms with Crippen LogP contribution in [0.5, 0.6) is 11.5 Å². The summed E-state index contributed by atoms with van der Waals surface area (Å²) in [6.07, 6.45) is 2.28. The third-order valence-electron chi connectivity index (χ3n) is 7.36. The first-order valence-corrected chi connectivity index (χ1v) is 13.8. The predicted molar refractivity (Wildman–Crippen MR) is 156 cm³/mol. The van der Waals surface area contributed by atoms with Crippen LogP contribution in [0.25, 0.3) is 27.6 Å². The average molecular weight is 535 g/mol. The lowest BCUT2D eigenvalue weighted by Crippen LogP contribution is -2.36. The third kappa shape index (κ3) is 4.05. The van der Waals surface area contributed by atoms with Crippen LogP contribution in [0.1, 0.15) is 31.0 Å². The molecule has 1 saturated heterocycles. The smallest absolute Gasteiger partial charge is 0.338 e. The molecule has 6 nitrogen and oxygen atoms in total. The minimum atomic E-state index is -0.353. The molecule has 0 N–H and O–H groups in total. The van der Waals surface area contributed by atoms with Crippen molar-refractivity contribution < 1.29 is 19.0 Å². The Labute approximate surface area is 230 Å². The van der Waals surface area contributed by atoms with Crippen LogP contribution in [-0.4, -0.2) is 36.0 Å². The first-order chi connectivity index (χ1) is 19.1. The van der Waals surface area contributed by atoms with Crippen LogP contribution < -0.4 is 9.47 Å². The summed E-state index contributed by atoms with van der Waals surface area (Å²) in [5.74, 6) is 1.05. The molecule has 3 aliphatic heterocycles. The second-order valence-electron chi connectivity index (χ2n) is 9.70. The van der Waals surface area contributed by atoms with E-state index in [2.05, 4.69) is 65.6 Å². The molecule has 7 heteroatoms. The quantitative estimate of drug-likeness (QED) is 0.206. The van der Waals surface area contributed by atoms with Crippen LogP contribution in [0.4, 0.5) is 0 Å². The number of rotatable bonds is 4. The second kappa shape index (κ2) is 9.50. The lowest BCUT2D eigenvalue weighted by Gasteiger charge is -2.34. The van der Waals surface area contributed by atoms with E-state index >= 15 is 0 Å². The molecular weight excluding hydrogens is 508 g/mol. The zero-order valence-corrected chi connectivity index (χ0v) is 22.5. The van der Waals surface area contributed by atoms with Crippen LogP contribution in [-0.2, 0) is 9.53 Å². The summed E-state index contributed by atoms with van der Waals surface area (Å²) in [4.78, 5) is 21.5. The first kappa shape index (κ1) is 23.9. The number of aliphatic imine (C=N–C) groups is 1. The average Bonchev–Trinajstić information content (AvgIpc) is 3.58.